The molecule has 4 heteroatoms. The van der Waals surface area contributed by atoms with Crippen molar-refractivity contribution < 1.29 is 0 Å². The molecule has 2 fully saturated rings. The van der Waals surface area contributed by atoms with E-state index in [1.54, 1.807) is 0 Å². The van der Waals surface area contributed by atoms with Crippen LogP contribution in [-0.2, 0) is 6.54 Å². The summed E-state index contributed by atoms with van der Waals surface area (Å²) in [6, 6.07) is 0. The minimum absolute atomic E-state index is 0.354. The topological polar surface area (TPSA) is 33.1 Å². The number of nitrogens with one attached hydrogen (secondary N) is 1. The third kappa shape index (κ3) is 1.97. The lowest BCUT2D eigenvalue weighted by atomic mass is 9.94. The highest BCUT2D eigenvalue weighted by Gasteiger charge is 2.37. The maximum absolute atomic E-state index is 4.37. The Balaban J connectivity index is 1.80. The Kier molecular flexibility index (Phi) is 3.16. The molecular weight excluding hydrogens is 224 g/mol. The summed E-state index contributed by atoms with van der Waals surface area (Å²) in [5.74, 6) is 0.674. The Morgan fingerprint density at radius 3 is 2.67 bits per heavy atom. The molecule has 0 bridgehead atoms. The first kappa shape index (κ1) is 12.2. The molecule has 1 saturated carbocycles. The normalized spacial score (nSPS) is 23.5. The average Bonchev–Trinajstić information content (AvgIpc) is 2.88. The highest BCUT2D eigenvalue weighted by molar-refractivity contribution is 5.12. The summed E-state index contributed by atoms with van der Waals surface area (Å²) in [5, 5.41) is 3.35. The number of aromatic nitrogens is 2. The second-order valence-corrected chi connectivity index (χ2v) is 6.13. The van der Waals surface area contributed by atoms with Gasteiger partial charge in [0.25, 0.3) is 0 Å². The van der Waals surface area contributed by atoms with E-state index in [9.17, 15) is 0 Å². The van der Waals surface area contributed by atoms with Crippen molar-refractivity contribution in [2.75, 3.05) is 27.2 Å². The van der Waals surface area contributed by atoms with Crippen molar-refractivity contribution in [2.24, 2.45) is 0 Å². The van der Waals surface area contributed by atoms with Crippen LogP contribution in [0.2, 0.25) is 0 Å². The van der Waals surface area contributed by atoms with Crippen molar-refractivity contribution >= 4 is 0 Å². The van der Waals surface area contributed by atoms with Gasteiger partial charge in [0, 0.05) is 43.0 Å². The monoisotopic (exact) mass is 248 g/mol. The Morgan fingerprint density at radius 2 is 2.11 bits per heavy atom. The van der Waals surface area contributed by atoms with E-state index in [-0.39, 0.29) is 0 Å². The van der Waals surface area contributed by atoms with Crippen molar-refractivity contribution in [3.05, 3.63) is 18.2 Å². The van der Waals surface area contributed by atoms with Crippen molar-refractivity contribution in [3.63, 3.8) is 0 Å². The van der Waals surface area contributed by atoms with Gasteiger partial charge in [-0.1, -0.05) is 12.8 Å². The second kappa shape index (κ2) is 4.67. The van der Waals surface area contributed by atoms with E-state index in [0.29, 0.717) is 11.5 Å². The molecule has 2 aliphatic rings. The lowest BCUT2D eigenvalue weighted by Crippen LogP contribution is -2.46. The van der Waals surface area contributed by atoms with Crippen LogP contribution in [0, 0.1) is 0 Å². The lowest BCUT2D eigenvalue weighted by Gasteiger charge is -2.38. The van der Waals surface area contributed by atoms with E-state index in [0.717, 1.165) is 19.6 Å². The summed E-state index contributed by atoms with van der Waals surface area (Å²) in [7, 11) is 4.46. The summed E-state index contributed by atoms with van der Waals surface area (Å²) in [5.41, 5.74) is 1.77. The molecule has 1 aromatic heterocycles. The van der Waals surface area contributed by atoms with Crippen molar-refractivity contribution in [1.29, 1.82) is 0 Å². The Hall–Kier alpha value is -0.870. The zero-order valence-corrected chi connectivity index (χ0v) is 11.5. The Labute approximate surface area is 109 Å². The summed E-state index contributed by atoms with van der Waals surface area (Å²) in [6.07, 6.45) is 9.46. The molecule has 3 rings (SSSR count). The molecule has 18 heavy (non-hydrogen) atoms. The van der Waals surface area contributed by atoms with Gasteiger partial charge in [-0.25, -0.2) is 4.98 Å². The van der Waals surface area contributed by atoms with Crippen LogP contribution in [0.1, 0.15) is 37.3 Å². The molecule has 0 unspecified atom stereocenters. The third-order valence-electron chi connectivity index (χ3n) is 4.89. The molecule has 4 nitrogen and oxygen atoms in total. The predicted octanol–water partition coefficient (Wildman–Crippen LogP) is 1.44. The van der Waals surface area contributed by atoms with Gasteiger partial charge in [0.2, 0.25) is 0 Å². The van der Waals surface area contributed by atoms with Crippen LogP contribution in [0.3, 0.4) is 0 Å². The van der Waals surface area contributed by atoms with Gasteiger partial charge in [0.05, 0.1) is 6.33 Å². The molecular formula is C14H24N4. The maximum Gasteiger partial charge on any atom is 0.0948 e. The van der Waals surface area contributed by atoms with E-state index in [4.69, 9.17) is 0 Å². The van der Waals surface area contributed by atoms with Crippen molar-refractivity contribution in [3.8, 4) is 0 Å². The number of hydrogen-bond donors (Lipinski definition) is 1. The molecule has 1 saturated heterocycles. The highest BCUT2D eigenvalue weighted by Crippen LogP contribution is 2.36. The summed E-state index contributed by atoms with van der Waals surface area (Å²) >= 11 is 0. The zero-order valence-electron chi connectivity index (χ0n) is 11.5. The van der Waals surface area contributed by atoms with Gasteiger partial charge in [0.1, 0.15) is 0 Å². The first-order valence-electron chi connectivity index (χ1n) is 7.09. The molecule has 1 N–H and O–H groups in total. The number of nitrogens with zero attached hydrogens (tertiary/aromatic N) is 3. The standard InChI is InChI=1S/C14H24N4/c1-17(2)14(5-3-4-6-14)10-18-11-16-9-13(18)12-7-15-8-12/h9,11-12,15H,3-8,10H2,1-2H3. The van der Waals surface area contributed by atoms with E-state index in [1.165, 1.54) is 31.4 Å². The lowest BCUT2D eigenvalue weighted by molar-refractivity contribution is 0.131. The summed E-state index contributed by atoms with van der Waals surface area (Å²) in [4.78, 5) is 6.81. The number of likely N-dealkylation sites (N-methyl/N-ethyl adjacent to an activating group) is 1. The van der Waals surface area contributed by atoms with Gasteiger partial charge in [-0.05, 0) is 26.9 Å². The van der Waals surface area contributed by atoms with E-state index >= 15 is 0 Å². The highest BCUT2D eigenvalue weighted by atomic mass is 15.2. The van der Waals surface area contributed by atoms with Crippen LogP contribution in [0.4, 0.5) is 0 Å². The molecule has 100 valence electrons. The second-order valence-electron chi connectivity index (χ2n) is 6.13. The molecule has 1 aliphatic carbocycles. The van der Waals surface area contributed by atoms with Crippen molar-refractivity contribution in [2.45, 2.75) is 43.7 Å². The fourth-order valence-electron chi connectivity index (χ4n) is 3.40. The Bertz CT molecular complexity index is 400. The van der Waals surface area contributed by atoms with Gasteiger partial charge in [0.15, 0.2) is 0 Å². The molecule has 1 aliphatic heterocycles. The SMILES string of the molecule is CN(C)C1(Cn2cncc2C2CNC2)CCCC1. The molecule has 0 amide bonds. The van der Waals surface area contributed by atoms with Crippen molar-refractivity contribution in [1.82, 2.24) is 19.8 Å². The van der Waals surface area contributed by atoms with Gasteiger partial charge in [-0.2, -0.15) is 0 Å². The fraction of sp³-hybridized carbons (Fsp3) is 0.786. The molecule has 0 radical (unpaired) electrons. The number of imidazole rings is 1. The number of hydrogen-bond acceptors (Lipinski definition) is 3. The molecule has 1 aromatic rings. The maximum atomic E-state index is 4.37. The minimum atomic E-state index is 0.354. The summed E-state index contributed by atoms with van der Waals surface area (Å²) in [6.45, 7) is 3.33. The zero-order chi connectivity index (χ0) is 12.6. The molecule has 0 aromatic carbocycles. The predicted molar refractivity (Wildman–Crippen MR) is 72.7 cm³/mol. The largest absolute Gasteiger partial charge is 0.332 e. The minimum Gasteiger partial charge on any atom is -0.332 e. The fourth-order valence-corrected chi connectivity index (χ4v) is 3.40. The van der Waals surface area contributed by atoms with Crippen LogP contribution in [0.15, 0.2) is 12.5 Å². The van der Waals surface area contributed by atoms with E-state index in [1.807, 2.05) is 6.33 Å². The van der Waals surface area contributed by atoms with Gasteiger partial charge in [-0.15, -0.1) is 0 Å². The molecule has 0 atom stereocenters. The molecule has 2 heterocycles. The Morgan fingerprint density at radius 1 is 1.39 bits per heavy atom. The first-order valence-corrected chi connectivity index (χ1v) is 7.09. The van der Waals surface area contributed by atoms with E-state index in [2.05, 4.69) is 40.1 Å². The summed E-state index contributed by atoms with van der Waals surface area (Å²) < 4.78 is 2.40. The van der Waals surface area contributed by atoms with Gasteiger partial charge >= 0.3 is 0 Å². The van der Waals surface area contributed by atoms with E-state index < -0.39 is 0 Å². The number of rotatable bonds is 4. The smallest absolute Gasteiger partial charge is 0.0948 e. The molecule has 0 spiro atoms. The average molecular weight is 248 g/mol. The van der Waals surface area contributed by atoms with Gasteiger partial charge < -0.3 is 14.8 Å². The van der Waals surface area contributed by atoms with Crippen LogP contribution in [0.5, 0.6) is 0 Å². The van der Waals surface area contributed by atoms with Gasteiger partial charge in [-0.3, -0.25) is 0 Å². The first-order chi connectivity index (χ1) is 8.71. The van der Waals surface area contributed by atoms with Crippen LogP contribution < -0.4 is 5.32 Å². The van der Waals surface area contributed by atoms with Crippen LogP contribution in [0.25, 0.3) is 0 Å². The quantitative estimate of drug-likeness (QED) is 0.875. The van der Waals surface area contributed by atoms with Crippen LogP contribution in [-0.4, -0.2) is 47.2 Å². The third-order valence-corrected chi connectivity index (χ3v) is 4.89. The van der Waals surface area contributed by atoms with Crippen LogP contribution >= 0.6 is 0 Å².